The maximum Gasteiger partial charge on any atom is 0.417 e. The predicted octanol–water partition coefficient (Wildman–Crippen LogP) is 3.58. The summed E-state index contributed by atoms with van der Waals surface area (Å²) in [5, 5.41) is 8.82. The van der Waals surface area contributed by atoms with Crippen molar-refractivity contribution < 1.29 is 23.1 Å². The van der Waals surface area contributed by atoms with Gasteiger partial charge < -0.3 is 10.0 Å². The Hall–Kier alpha value is -2.24. The third-order valence-electron chi connectivity index (χ3n) is 2.60. The van der Waals surface area contributed by atoms with Crippen molar-refractivity contribution in [2.24, 2.45) is 0 Å². The molecule has 20 heavy (non-hydrogen) atoms. The third kappa shape index (κ3) is 3.63. The first-order chi connectivity index (χ1) is 9.31. The van der Waals surface area contributed by atoms with Crippen molar-refractivity contribution in [3.63, 3.8) is 0 Å². The van der Waals surface area contributed by atoms with E-state index in [1.165, 1.54) is 6.07 Å². The molecule has 0 atom stereocenters. The molecule has 0 radical (unpaired) electrons. The van der Waals surface area contributed by atoms with Gasteiger partial charge in [0.15, 0.2) is 0 Å². The summed E-state index contributed by atoms with van der Waals surface area (Å²) in [6.45, 7) is 7.72. The zero-order chi connectivity index (χ0) is 15.3. The van der Waals surface area contributed by atoms with E-state index in [9.17, 15) is 18.0 Å². The van der Waals surface area contributed by atoms with Gasteiger partial charge in [-0.2, -0.15) is 13.2 Å². The van der Waals surface area contributed by atoms with Gasteiger partial charge in [-0.1, -0.05) is 12.2 Å². The van der Waals surface area contributed by atoms with Crippen LogP contribution in [-0.2, 0) is 6.18 Å². The molecule has 0 aliphatic heterocycles. The summed E-state index contributed by atoms with van der Waals surface area (Å²) in [5.41, 5.74) is -1.67. The molecule has 0 amide bonds. The molecule has 0 saturated carbocycles. The number of aromatic carboxylic acids is 1. The molecule has 1 rings (SSSR count). The molecular weight excluding hydrogens is 271 g/mol. The molecule has 0 fully saturated rings. The van der Waals surface area contributed by atoms with Crippen LogP contribution in [0.3, 0.4) is 0 Å². The Balaban J connectivity index is 3.33. The van der Waals surface area contributed by atoms with Gasteiger partial charge in [-0.25, -0.2) is 4.79 Å². The number of rotatable bonds is 6. The lowest BCUT2D eigenvalue weighted by Crippen LogP contribution is -2.24. The Morgan fingerprint density at radius 3 is 2.20 bits per heavy atom. The molecule has 0 unspecified atom stereocenters. The van der Waals surface area contributed by atoms with Crippen molar-refractivity contribution in [1.29, 1.82) is 0 Å². The molecule has 1 aromatic rings. The first-order valence-electron chi connectivity index (χ1n) is 5.72. The lowest BCUT2D eigenvalue weighted by Gasteiger charge is -2.23. The molecule has 0 heterocycles. The second-order valence-electron chi connectivity index (χ2n) is 4.02. The molecule has 3 nitrogen and oxygen atoms in total. The number of halogens is 3. The summed E-state index contributed by atoms with van der Waals surface area (Å²) in [7, 11) is 0. The molecule has 0 spiro atoms. The van der Waals surface area contributed by atoms with E-state index in [1.807, 2.05) is 0 Å². The predicted molar refractivity (Wildman–Crippen MR) is 71.0 cm³/mol. The van der Waals surface area contributed by atoms with E-state index in [-0.39, 0.29) is 5.69 Å². The van der Waals surface area contributed by atoms with Crippen molar-refractivity contribution in [1.82, 2.24) is 0 Å². The van der Waals surface area contributed by atoms with Crippen molar-refractivity contribution in [2.75, 3.05) is 18.0 Å². The lowest BCUT2D eigenvalue weighted by molar-refractivity contribution is -0.138. The Morgan fingerprint density at radius 1 is 1.25 bits per heavy atom. The van der Waals surface area contributed by atoms with Crippen LogP contribution in [0.15, 0.2) is 43.5 Å². The van der Waals surface area contributed by atoms with Crippen LogP contribution >= 0.6 is 0 Å². The number of hydrogen-bond donors (Lipinski definition) is 1. The standard InChI is InChI=1S/C14H14F3NO2/c1-3-7-18(8-4-2)10-5-6-11(13(19)20)12(9-10)14(15,16)17/h3-6,9H,1-2,7-8H2,(H,19,20). The highest BCUT2D eigenvalue weighted by Crippen LogP contribution is 2.34. The van der Waals surface area contributed by atoms with Gasteiger partial charge in [0.2, 0.25) is 0 Å². The van der Waals surface area contributed by atoms with Crippen LogP contribution in [0, 0.1) is 0 Å². The first-order valence-corrected chi connectivity index (χ1v) is 5.72. The molecule has 0 bridgehead atoms. The summed E-state index contributed by atoms with van der Waals surface area (Å²) in [4.78, 5) is 12.5. The minimum Gasteiger partial charge on any atom is -0.478 e. The van der Waals surface area contributed by atoms with E-state index in [1.54, 1.807) is 17.1 Å². The fourth-order valence-corrected chi connectivity index (χ4v) is 1.75. The number of nitrogens with zero attached hydrogens (tertiary/aromatic N) is 1. The van der Waals surface area contributed by atoms with E-state index in [0.29, 0.717) is 13.1 Å². The van der Waals surface area contributed by atoms with Crippen LogP contribution in [0.4, 0.5) is 18.9 Å². The molecule has 6 heteroatoms. The van der Waals surface area contributed by atoms with Gasteiger partial charge in [0.1, 0.15) is 0 Å². The second-order valence-corrected chi connectivity index (χ2v) is 4.02. The molecule has 1 aromatic carbocycles. The highest BCUT2D eigenvalue weighted by Gasteiger charge is 2.35. The number of alkyl halides is 3. The summed E-state index contributed by atoms with van der Waals surface area (Å²) >= 11 is 0. The highest BCUT2D eigenvalue weighted by molar-refractivity contribution is 5.90. The summed E-state index contributed by atoms with van der Waals surface area (Å²) in [5.74, 6) is -1.61. The fourth-order valence-electron chi connectivity index (χ4n) is 1.75. The number of carboxylic acids is 1. The molecule has 0 aliphatic carbocycles. The number of hydrogen-bond acceptors (Lipinski definition) is 2. The van der Waals surface area contributed by atoms with Gasteiger partial charge in [0, 0.05) is 18.8 Å². The molecule has 0 saturated heterocycles. The number of anilines is 1. The second kappa shape index (κ2) is 6.27. The molecule has 0 aromatic heterocycles. The van der Waals surface area contributed by atoms with E-state index in [2.05, 4.69) is 13.2 Å². The van der Waals surface area contributed by atoms with Gasteiger partial charge in [-0.3, -0.25) is 0 Å². The minimum atomic E-state index is -4.72. The van der Waals surface area contributed by atoms with Crippen molar-refractivity contribution in [3.05, 3.63) is 54.6 Å². The molecule has 1 N–H and O–H groups in total. The molecule has 108 valence electrons. The monoisotopic (exact) mass is 285 g/mol. The van der Waals surface area contributed by atoms with E-state index in [4.69, 9.17) is 5.11 Å². The zero-order valence-electron chi connectivity index (χ0n) is 10.7. The molecule has 0 aliphatic rings. The minimum absolute atomic E-state index is 0.266. The highest BCUT2D eigenvalue weighted by atomic mass is 19.4. The van der Waals surface area contributed by atoms with E-state index < -0.39 is 23.3 Å². The van der Waals surface area contributed by atoms with Crippen LogP contribution in [0.2, 0.25) is 0 Å². The van der Waals surface area contributed by atoms with Crippen molar-refractivity contribution in [2.45, 2.75) is 6.18 Å². The Morgan fingerprint density at radius 2 is 1.80 bits per heavy atom. The SMILES string of the molecule is C=CCN(CC=C)c1ccc(C(=O)O)c(C(F)(F)F)c1. The van der Waals surface area contributed by atoms with E-state index >= 15 is 0 Å². The van der Waals surface area contributed by atoms with Crippen LogP contribution in [0.25, 0.3) is 0 Å². The van der Waals surface area contributed by atoms with Gasteiger partial charge in [0.25, 0.3) is 0 Å². The van der Waals surface area contributed by atoms with Crippen LogP contribution in [0.5, 0.6) is 0 Å². The Kier molecular flexibility index (Phi) is 4.96. The Bertz CT molecular complexity index is 514. The number of carboxylic acid groups (broad SMARTS) is 1. The normalized spacial score (nSPS) is 10.9. The fraction of sp³-hybridized carbons (Fsp3) is 0.214. The Labute approximate surface area is 114 Å². The maximum atomic E-state index is 12.9. The zero-order valence-corrected chi connectivity index (χ0v) is 10.7. The topological polar surface area (TPSA) is 40.5 Å². The van der Waals surface area contributed by atoms with Crippen LogP contribution in [-0.4, -0.2) is 24.2 Å². The van der Waals surface area contributed by atoms with Crippen molar-refractivity contribution >= 4 is 11.7 Å². The van der Waals surface area contributed by atoms with Gasteiger partial charge in [-0.05, 0) is 18.2 Å². The molecular formula is C14H14F3NO2. The average Bonchev–Trinajstić information content (AvgIpc) is 2.36. The summed E-state index contributed by atoms with van der Waals surface area (Å²) in [6.07, 6.45) is -1.64. The van der Waals surface area contributed by atoms with Gasteiger partial charge in [-0.15, -0.1) is 13.2 Å². The van der Waals surface area contributed by atoms with Gasteiger partial charge >= 0.3 is 12.1 Å². The summed E-state index contributed by atoms with van der Waals surface area (Å²) < 4.78 is 38.7. The first kappa shape index (κ1) is 15.8. The van der Waals surface area contributed by atoms with Crippen LogP contribution < -0.4 is 4.90 Å². The smallest absolute Gasteiger partial charge is 0.417 e. The lowest BCUT2D eigenvalue weighted by atomic mass is 10.1. The number of carbonyl (C=O) groups is 1. The number of benzene rings is 1. The van der Waals surface area contributed by atoms with Gasteiger partial charge in [0.05, 0.1) is 11.1 Å². The largest absolute Gasteiger partial charge is 0.478 e. The quantitative estimate of drug-likeness (QED) is 0.812. The van der Waals surface area contributed by atoms with E-state index in [0.717, 1.165) is 12.1 Å². The van der Waals surface area contributed by atoms with Crippen LogP contribution in [0.1, 0.15) is 15.9 Å². The van der Waals surface area contributed by atoms with Crippen molar-refractivity contribution in [3.8, 4) is 0 Å². The average molecular weight is 285 g/mol. The maximum absolute atomic E-state index is 12.9. The summed E-state index contributed by atoms with van der Waals surface area (Å²) in [6, 6.07) is 3.13. The third-order valence-corrected chi connectivity index (χ3v) is 2.60.